The number of nitrogens with two attached hydrogens (primary N) is 3. The molecule has 35 heavy (non-hydrogen) atoms. The summed E-state index contributed by atoms with van der Waals surface area (Å²) >= 11 is 0. The van der Waals surface area contributed by atoms with Crippen LogP contribution in [0.3, 0.4) is 0 Å². The van der Waals surface area contributed by atoms with E-state index in [0.717, 1.165) is 6.42 Å². The molecule has 13 heteroatoms. The predicted molar refractivity (Wildman–Crippen MR) is 124 cm³/mol. The number of amides is 1. The molecule has 0 spiro atoms. The van der Waals surface area contributed by atoms with Crippen molar-refractivity contribution in [2.75, 3.05) is 26.7 Å². The van der Waals surface area contributed by atoms with Crippen LogP contribution in [0.4, 0.5) is 0 Å². The minimum Gasteiger partial charge on any atom is -0.468 e. The number of allylic oxidation sites excluding steroid dienone is 1. The summed E-state index contributed by atoms with van der Waals surface area (Å²) in [4.78, 5) is 12.4. The van der Waals surface area contributed by atoms with E-state index >= 15 is 0 Å². The summed E-state index contributed by atoms with van der Waals surface area (Å²) < 4.78 is 23.7. The Morgan fingerprint density at radius 3 is 2.71 bits per heavy atom. The number of nitrogens with one attached hydrogen (secondary N) is 2. The van der Waals surface area contributed by atoms with Gasteiger partial charge in [0.15, 0.2) is 12.6 Å². The van der Waals surface area contributed by atoms with Crippen molar-refractivity contribution in [1.82, 2.24) is 10.6 Å². The van der Waals surface area contributed by atoms with Gasteiger partial charge >= 0.3 is 0 Å². The van der Waals surface area contributed by atoms with E-state index in [4.69, 9.17) is 36.1 Å². The Hall–Kier alpha value is -1.39. The van der Waals surface area contributed by atoms with Crippen molar-refractivity contribution in [3.63, 3.8) is 0 Å². The number of aliphatic hydroxyl groups is 3. The van der Waals surface area contributed by atoms with Crippen LogP contribution in [0.1, 0.15) is 32.6 Å². The third-order valence-corrected chi connectivity index (χ3v) is 6.81. The normalized spacial score (nSPS) is 41.0. The number of rotatable bonds is 9. The molecular formula is C22H41N5O8. The molecule has 1 aliphatic carbocycles. The lowest BCUT2D eigenvalue weighted by molar-refractivity contribution is -0.289. The fraction of sp³-hybridized carbons (Fsp3) is 0.864. The van der Waals surface area contributed by atoms with Crippen LogP contribution in [-0.4, -0.2) is 109 Å². The first-order valence-corrected chi connectivity index (χ1v) is 12.1. The number of hydrogen-bond donors (Lipinski definition) is 8. The second kappa shape index (κ2) is 12.2. The number of aliphatic hydroxyl groups excluding tert-OH is 2. The summed E-state index contributed by atoms with van der Waals surface area (Å²) in [5.74, 6) is 0.00961. The fourth-order valence-electron chi connectivity index (χ4n) is 4.83. The summed E-state index contributed by atoms with van der Waals surface area (Å²) in [5, 5.41) is 36.8. The van der Waals surface area contributed by atoms with Crippen LogP contribution in [0.5, 0.6) is 0 Å². The van der Waals surface area contributed by atoms with Crippen molar-refractivity contribution in [2.45, 2.75) is 93.3 Å². The number of hydrogen-bond acceptors (Lipinski definition) is 12. The molecule has 1 saturated heterocycles. The molecular weight excluding hydrogens is 462 g/mol. The highest BCUT2D eigenvalue weighted by atomic mass is 16.7. The van der Waals surface area contributed by atoms with Gasteiger partial charge < -0.3 is 62.1 Å². The molecule has 1 saturated carbocycles. The summed E-state index contributed by atoms with van der Waals surface area (Å²) in [6, 6.07) is -1.77. The Morgan fingerprint density at radius 2 is 2.06 bits per heavy atom. The third-order valence-electron chi connectivity index (χ3n) is 6.81. The monoisotopic (exact) mass is 503 g/mol. The van der Waals surface area contributed by atoms with Gasteiger partial charge in [0.05, 0.1) is 37.4 Å². The molecule has 10 atom stereocenters. The zero-order chi connectivity index (χ0) is 25.8. The van der Waals surface area contributed by atoms with E-state index in [2.05, 4.69) is 10.6 Å². The molecule has 3 rings (SSSR count). The lowest BCUT2D eigenvalue weighted by Gasteiger charge is -2.47. The smallest absolute Gasteiger partial charge is 0.250 e. The lowest BCUT2D eigenvalue weighted by atomic mass is 9.85. The van der Waals surface area contributed by atoms with E-state index in [0.29, 0.717) is 12.2 Å². The van der Waals surface area contributed by atoms with Crippen LogP contribution < -0.4 is 27.8 Å². The Bertz CT molecular complexity index is 741. The number of carbonyl (C=O) groups is 1. The van der Waals surface area contributed by atoms with E-state index in [1.54, 1.807) is 14.0 Å². The van der Waals surface area contributed by atoms with Crippen molar-refractivity contribution >= 4 is 5.91 Å². The standard InChI is InChI=1S/C22H41N5O8/c1-22(31)10-32-21(18(29)19(22)26-2)35-16-7-15(34-17-5-3-4-11(8-23)33-17)12(25)6-13(16)27-20(30)14(28)9-24/h4,12-19,21,26,28-29,31H,3,5-10,23-25H2,1-2H3,(H,27,30)/t12-,13+,14-,15-,16+,17?,18?,19+,21+,22-/m0/s1. The van der Waals surface area contributed by atoms with Crippen molar-refractivity contribution in [3.05, 3.63) is 11.8 Å². The van der Waals surface area contributed by atoms with Crippen LogP contribution >= 0.6 is 0 Å². The molecule has 3 aliphatic rings. The Kier molecular flexibility index (Phi) is 9.85. The maximum absolute atomic E-state index is 12.4. The van der Waals surface area contributed by atoms with Crippen molar-refractivity contribution < 1.29 is 39.1 Å². The second-order valence-corrected chi connectivity index (χ2v) is 9.64. The van der Waals surface area contributed by atoms with E-state index in [1.807, 2.05) is 6.08 Å². The van der Waals surface area contributed by atoms with Gasteiger partial charge in [0, 0.05) is 25.4 Å². The van der Waals surface area contributed by atoms with E-state index < -0.39 is 66.6 Å². The maximum atomic E-state index is 12.4. The van der Waals surface area contributed by atoms with Gasteiger partial charge in [-0.05, 0) is 32.9 Å². The molecule has 2 heterocycles. The SMILES string of the molecule is CN[C@@H]1C(O)[C@@H](O[C@@H]2C[C@H](OC3CCC=C(CN)O3)[C@@H](N)C[C@H]2NC(=O)[C@@H](O)CN)OC[C@]1(C)O. The van der Waals surface area contributed by atoms with Gasteiger partial charge in [-0.2, -0.15) is 0 Å². The van der Waals surface area contributed by atoms with Gasteiger partial charge in [0.25, 0.3) is 0 Å². The zero-order valence-electron chi connectivity index (χ0n) is 20.3. The maximum Gasteiger partial charge on any atom is 0.250 e. The molecule has 2 unspecified atom stereocenters. The molecule has 2 aliphatic heterocycles. The average molecular weight is 504 g/mol. The zero-order valence-corrected chi connectivity index (χ0v) is 20.3. The highest BCUT2D eigenvalue weighted by Crippen LogP contribution is 2.31. The summed E-state index contributed by atoms with van der Waals surface area (Å²) in [7, 11) is 1.62. The number of ether oxygens (including phenoxy) is 4. The van der Waals surface area contributed by atoms with Crippen LogP contribution in [0.25, 0.3) is 0 Å². The molecule has 0 aromatic carbocycles. The van der Waals surface area contributed by atoms with Crippen molar-refractivity contribution in [2.24, 2.45) is 17.2 Å². The van der Waals surface area contributed by atoms with Gasteiger partial charge in [-0.3, -0.25) is 4.79 Å². The second-order valence-electron chi connectivity index (χ2n) is 9.64. The molecule has 0 radical (unpaired) electrons. The van der Waals surface area contributed by atoms with Crippen LogP contribution in [0, 0.1) is 0 Å². The first-order chi connectivity index (χ1) is 16.6. The summed E-state index contributed by atoms with van der Waals surface area (Å²) in [5.41, 5.74) is 16.2. The minimum atomic E-state index is -1.38. The highest BCUT2D eigenvalue weighted by Gasteiger charge is 2.48. The molecule has 0 bridgehead atoms. The predicted octanol–water partition coefficient (Wildman–Crippen LogP) is -3.28. The van der Waals surface area contributed by atoms with Gasteiger partial charge in [0.2, 0.25) is 5.91 Å². The number of carbonyl (C=O) groups excluding carboxylic acids is 1. The summed E-state index contributed by atoms with van der Waals surface area (Å²) in [6.45, 7) is 1.52. The first kappa shape index (κ1) is 28.2. The van der Waals surface area contributed by atoms with Crippen molar-refractivity contribution in [1.29, 1.82) is 0 Å². The van der Waals surface area contributed by atoms with Gasteiger partial charge in [-0.15, -0.1) is 0 Å². The fourth-order valence-corrected chi connectivity index (χ4v) is 4.83. The van der Waals surface area contributed by atoms with Crippen molar-refractivity contribution in [3.8, 4) is 0 Å². The highest BCUT2D eigenvalue weighted by molar-refractivity contribution is 5.81. The third kappa shape index (κ3) is 6.89. The van der Waals surface area contributed by atoms with Gasteiger partial charge in [-0.25, -0.2) is 0 Å². The molecule has 11 N–H and O–H groups in total. The van der Waals surface area contributed by atoms with Gasteiger partial charge in [0.1, 0.15) is 23.6 Å². The van der Waals surface area contributed by atoms with E-state index in [-0.39, 0.29) is 32.5 Å². The topological polar surface area (TPSA) is 217 Å². The molecule has 2 fully saturated rings. The van der Waals surface area contributed by atoms with Gasteiger partial charge in [-0.1, -0.05) is 0 Å². The lowest BCUT2D eigenvalue weighted by Crippen LogP contribution is -2.66. The largest absolute Gasteiger partial charge is 0.468 e. The molecule has 0 aromatic rings. The van der Waals surface area contributed by atoms with Crippen LogP contribution in [-0.2, 0) is 23.7 Å². The Morgan fingerprint density at radius 1 is 1.31 bits per heavy atom. The van der Waals surface area contributed by atoms with E-state index in [9.17, 15) is 20.1 Å². The molecule has 202 valence electrons. The Balaban J connectivity index is 1.73. The summed E-state index contributed by atoms with van der Waals surface area (Å²) in [6.07, 6.45) is -1.43. The quantitative estimate of drug-likeness (QED) is 0.155. The molecule has 13 nitrogen and oxygen atoms in total. The van der Waals surface area contributed by atoms with Crippen LogP contribution in [0.2, 0.25) is 0 Å². The average Bonchev–Trinajstić information content (AvgIpc) is 2.83. The van der Waals surface area contributed by atoms with E-state index in [1.165, 1.54) is 0 Å². The molecule has 1 amide bonds. The minimum absolute atomic E-state index is 0.0700. The Labute approximate surface area is 205 Å². The number of likely N-dealkylation sites (N-methyl/N-ethyl adjacent to an activating group) is 1. The van der Waals surface area contributed by atoms with Crippen LogP contribution in [0.15, 0.2) is 11.8 Å². The first-order valence-electron chi connectivity index (χ1n) is 12.1. The molecule has 0 aromatic heterocycles.